The van der Waals surface area contributed by atoms with E-state index in [-0.39, 0.29) is 33.8 Å². The number of aliphatic carboxylic acids is 1. The van der Waals surface area contributed by atoms with Gasteiger partial charge in [-0.15, -0.1) is 0 Å². The lowest BCUT2D eigenvalue weighted by atomic mass is 9.33. The first-order valence-electron chi connectivity index (χ1n) is 23.1. The zero-order chi connectivity index (χ0) is 42.0. The summed E-state index contributed by atoms with van der Waals surface area (Å²) in [5, 5.41) is 14.8. The number of nitrogens with zero attached hydrogens (tertiary/aromatic N) is 3. The number of pyridine rings is 1. The first kappa shape index (κ1) is 42.9. The molecule has 0 radical (unpaired) electrons. The second-order valence-electron chi connectivity index (χ2n) is 21.6. The van der Waals surface area contributed by atoms with Gasteiger partial charge in [-0.1, -0.05) is 58.9 Å². The third kappa shape index (κ3) is 7.11. The summed E-state index contributed by atoms with van der Waals surface area (Å²) in [6.45, 7) is 31.7. The molecular weight excluding hydrogens is 753 g/mol. The molecule has 2 heterocycles. The minimum Gasteiger partial charge on any atom is -0.481 e. The van der Waals surface area contributed by atoms with E-state index in [0.717, 1.165) is 50.5 Å². The number of nitrogens with one attached hydrogen (secondary N) is 1. The maximum atomic E-state index is 12.8. The Morgan fingerprint density at radius 1 is 1.02 bits per heavy atom. The summed E-state index contributed by atoms with van der Waals surface area (Å²) in [5.41, 5.74) is 4.82. The molecule has 322 valence electrons. The first-order valence-corrected chi connectivity index (χ1v) is 24.6. The number of carboxylic acids is 1. The molecule has 1 unspecified atom stereocenters. The van der Waals surface area contributed by atoms with E-state index < -0.39 is 22.2 Å². The Balaban J connectivity index is 0.990. The van der Waals surface area contributed by atoms with E-state index >= 15 is 0 Å². The molecule has 0 spiro atoms. The molecular formula is C50H72N4O4S. The molecule has 1 aromatic rings. The van der Waals surface area contributed by atoms with Crippen molar-refractivity contribution in [2.24, 2.45) is 56.7 Å². The van der Waals surface area contributed by atoms with Gasteiger partial charge >= 0.3 is 5.97 Å². The van der Waals surface area contributed by atoms with Gasteiger partial charge < -0.3 is 20.1 Å². The zero-order valence-corrected chi connectivity index (χ0v) is 37.9. The molecule has 1 aromatic heterocycles. The summed E-state index contributed by atoms with van der Waals surface area (Å²) in [5.74, 6) is 4.45. The number of carboxylic acid groups (broad SMARTS) is 1. The highest BCUT2D eigenvalue weighted by Gasteiger charge is 2.70. The van der Waals surface area contributed by atoms with Crippen LogP contribution < -0.4 is 10.1 Å². The number of fused-ring (bicyclic) bond motifs is 7. The van der Waals surface area contributed by atoms with Crippen molar-refractivity contribution in [3.63, 3.8) is 0 Å². The van der Waals surface area contributed by atoms with E-state index in [1.165, 1.54) is 68.1 Å². The van der Waals surface area contributed by atoms with Crippen molar-refractivity contribution in [2.45, 2.75) is 131 Å². The summed E-state index contributed by atoms with van der Waals surface area (Å²) in [7, 11) is -0.634. The average molecular weight is 825 g/mol. The van der Waals surface area contributed by atoms with Crippen molar-refractivity contribution in [3.8, 4) is 5.88 Å². The zero-order valence-electron chi connectivity index (χ0n) is 37.0. The van der Waals surface area contributed by atoms with Crippen LogP contribution in [0.15, 0.2) is 53.8 Å². The quantitative estimate of drug-likeness (QED) is 0.169. The molecule has 1 aliphatic heterocycles. The summed E-state index contributed by atoms with van der Waals surface area (Å²) in [6, 6.07) is 3.26. The van der Waals surface area contributed by atoms with Crippen LogP contribution in [0.2, 0.25) is 0 Å². The van der Waals surface area contributed by atoms with E-state index in [1.54, 1.807) is 18.3 Å². The Labute approximate surface area is 357 Å². The molecule has 6 aliphatic carbocycles. The molecule has 7 aliphatic rings. The van der Waals surface area contributed by atoms with Gasteiger partial charge in [0.05, 0.1) is 18.6 Å². The number of ether oxygens (including phenoxy) is 1. The first-order chi connectivity index (χ1) is 28.0. The van der Waals surface area contributed by atoms with Crippen LogP contribution in [0.3, 0.4) is 0 Å². The van der Waals surface area contributed by atoms with Gasteiger partial charge in [0.25, 0.3) is 0 Å². The predicted molar refractivity (Wildman–Crippen MR) is 238 cm³/mol. The fraction of sp³-hybridized carbons (Fsp3) is 0.740. The molecule has 4 saturated carbocycles. The SMILES string of the molecule is [C-]#[N+]c1ccnc(OCCC2(C(=O)O)CC=C(C3=CC[C@]4(C)[C@H]5CC[C@@H]6[C@H]7[C@H](C(=C)C)CC[C@]7(NCCN7CCS(=O)CC7)CC[C@@]6(C)[C@]5(C)CC[C@H]4C3(C)C)CC2)c1. The summed E-state index contributed by atoms with van der Waals surface area (Å²) in [4.78, 5) is 23.0. The van der Waals surface area contributed by atoms with Gasteiger partial charge in [-0.25, -0.2) is 9.83 Å². The molecule has 2 N–H and O–H groups in total. The molecule has 0 amide bonds. The lowest BCUT2D eigenvalue weighted by Crippen LogP contribution is -2.68. The average Bonchev–Trinajstić information content (AvgIpc) is 3.59. The fourth-order valence-corrected chi connectivity index (χ4v) is 16.7. The number of allylic oxidation sites excluding steroid dienone is 5. The molecule has 0 bridgehead atoms. The second kappa shape index (κ2) is 15.8. The summed E-state index contributed by atoms with van der Waals surface area (Å²) in [6.07, 6.45) is 20.1. The minimum atomic E-state index is -0.860. The lowest BCUT2D eigenvalue weighted by molar-refractivity contribution is -0.221. The highest BCUT2D eigenvalue weighted by atomic mass is 32.2. The molecule has 10 atom stereocenters. The normalized spacial score (nSPS) is 40.6. The van der Waals surface area contributed by atoms with Gasteiger partial charge in [0, 0.05) is 66.3 Å². The highest BCUT2D eigenvalue weighted by Crippen LogP contribution is 2.76. The molecule has 8 nitrogen and oxygen atoms in total. The van der Waals surface area contributed by atoms with Crippen LogP contribution in [0.25, 0.3) is 4.85 Å². The monoisotopic (exact) mass is 825 g/mol. The van der Waals surface area contributed by atoms with Gasteiger partial charge in [-0.05, 0) is 159 Å². The molecule has 8 rings (SSSR count). The Bertz CT molecular complexity index is 1940. The molecule has 59 heavy (non-hydrogen) atoms. The smallest absolute Gasteiger partial charge is 0.310 e. The van der Waals surface area contributed by atoms with E-state index in [2.05, 4.69) is 80.3 Å². The number of hydrogen-bond donors (Lipinski definition) is 2. The van der Waals surface area contributed by atoms with Crippen LogP contribution >= 0.6 is 0 Å². The fourth-order valence-electron chi connectivity index (χ4n) is 15.5. The second-order valence-corrected chi connectivity index (χ2v) is 23.3. The lowest BCUT2D eigenvalue weighted by Gasteiger charge is -2.72. The Hall–Kier alpha value is -2.80. The van der Waals surface area contributed by atoms with Crippen LogP contribution in [0.5, 0.6) is 5.88 Å². The van der Waals surface area contributed by atoms with Gasteiger partial charge in [0.2, 0.25) is 5.88 Å². The van der Waals surface area contributed by atoms with Crippen molar-refractivity contribution in [1.29, 1.82) is 0 Å². The van der Waals surface area contributed by atoms with E-state index in [4.69, 9.17) is 11.3 Å². The van der Waals surface area contributed by atoms with Crippen LogP contribution in [-0.4, -0.2) is 75.0 Å². The van der Waals surface area contributed by atoms with Crippen LogP contribution in [0.4, 0.5) is 5.69 Å². The topological polar surface area (TPSA) is 96.1 Å². The van der Waals surface area contributed by atoms with E-state index in [0.29, 0.717) is 60.4 Å². The highest BCUT2D eigenvalue weighted by molar-refractivity contribution is 7.85. The standard InChI is InChI=1S/C50H72N4O4S/c1-34(2)37-13-21-50(53-26-27-54-28-31-59(57)32-29-54)23-22-47(6)39(43(37)50)9-10-41-46(5)17-14-38(45(3,4)40(46)15-18-48(41,47)7)35-11-19-49(20-12-35,44(55)56)24-30-58-42-33-36(51-8)16-25-52-42/h11,14,16,25,33,37,39-41,43,53H,1,9-10,12-13,15,17-24,26-32H2,2-7H3,(H,55,56)/t37-,39+,40-,41+,43+,46-,47+,48+,49?,50-/m0/s1. The predicted octanol–water partition coefficient (Wildman–Crippen LogP) is 10.2. The van der Waals surface area contributed by atoms with Gasteiger partial charge in [-0.2, -0.15) is 0 Å². The molecule has 1 saturated heterocycles. The Morgan fingerprint density at radius 3 is 2.49 bits per heavy atom. The van der Waals surface area contributed by atoms with Crippen molar-refractivity contribution >= 4 is 22.5 Å². The third-order valence-corrected chi connectivity index (χ3v) is 20.2. The minimum absolute atomic E-state index is 0.00930. The van der Waals surface area contributed by atoms with Crippen molar-refractivity contribution < 1.29 is 18.8 Å². The van der Waals surface area contributed by atoms with Crippen LogP contribution in [0.1, 0.15) is 125 Å². The largest absolute Gasteiger partial charge is 0.481 e. The maximum absolute atomic E-state index is 12.8. The maximum Gasteiger partial charge on any atom is 0.310 e. The molecule has 0 aromatic carbocycles. The third-order valence-electron chi connectivity index (χ3n) is 18.9. The van der Waals surface area contributed by atoms with Crippen LogP contribution in [-0.2, 0) is 15.6 Å². The van der Waals surface area contributed by atoms with Crippen molar-refractivity contribution in [2.75, 3.05) is 44.3 Å². The van der Waals surface area contributed by atoms with E-state index in [9.17, 15) is 14.1 Å². The van der Waals surface area contributed by atoms with Gasteiger partial charge in [-0.3, -0.25) is 9.00 Å². The number of rotatable bonds is 11. The van der Waals surface area contributed by atoms with Crippen molar-refractivity contribution in [1.82, 2.24) is 15.2 Å². The van der Waals surface area contributed by atoms with Gasteiger partial charge in [0.1, 0.15) is 0 Å². The Morgan fingerprint density at radius 2 is 1.80 bits per heavy atom. The van der Waals surface area contributed by atoms with Gasteiger partial charge in [0.15, 0.2) is 5.69 Å². The summed E-state index contributed by atoms with van der Waals surface area (Å²) >= 11 is 0. The van der Waals surface area contributed by atoms with Crippen LogP contribution in [0, 0.1) is 63.2 Å². The number of carbonyl (C=O) groups is 1. The van der Waals surface area contributed by atoms with E-state index in [1.807, 2.05) is 0 Å². The Kier molecular flexibility index (Phi) is 11.5. The summed E-state index contributed by atoms with van der Waals surface area (Å²) < 4.78 is 17.9. The molecule has 5 fully saturated rings. The number of aromatic nitrogens is 1. The molecule has 9 heteroatoms. The van der Waals surface area contributed by atoms with Crippen molar-refractivity contribution in [3.05, 3.63) is 65.2 Å². The number of hydrogen-bond acceptors (Lipinski definition) is 6.